The average Bonchev–Trinajstić information content (AvgIpc) is 2.71. The molecule has 1 aliphatic rings. The molecule has 15 heavy (non-hydrogen) atoms. The van der Waals surface area contributed by atoms with Crippen molar-refractivity contribution in [2.75, 3.05) is 0 Å². The van der Waals surface area contributed by atoms with Gasteiger partial charge in [-0.15, -0.1) is 0 Å². The quantitative estimate of drug-likeness (QED) is 0.823. The van der Waals surface area contributed by atoms with Crippen molar-refractivity contribution in [1.82, 2.24) is 0 Å². The summed E-state index contributed by atoms with van der Waals surface area (Å²) in [5.41, 5.74) is 7.02. The van der Waals surface area contributed by atoms with Crippen LogP contribution in [-0.4, -0.2) is 6.10 Å². The lowest BCUT2D eigenvalue weighted by atomic mass is 10.1. The molecule has 1 saturated carbocycles. The molecule has 2 N–H and O–H groups in total. The van der Waals surface area contributed by atoms with Crippen LogP contribution in [0.2, 0.25) is 0 Å². The molecule has 0 heterocycles. The van der Waals surface area contributed by atoms with E-state index in [0.717, 1.165) is 11.3 Å². The third kappa shape index (κ3) is 2.51. The summed E-state index contributed by atoms with van der Waals surface area (Å²) in [5, 5.41) is 0. The van der Waals surface area contributed by atoms with Crippen LogP contribution >= 0.6 is 0 Å². The number of hydrogen-bond acceptors (Lipinski definition) is 2. The molecule has 0 saturated heterocycles. The molecule has 1 aliphatic carbocycles. The Kier molecular flexibility index (Phi) is 3.27. The van der Waals surface area contributed by atoms with E-state index in [4.69, 9.17) is 10.5 Å². The number of benzene rings is 1. The number of nitrogens with two attached hydrogens (primary N) is 1. The second-order valence-corrected chi connectivity index (χ2v) is 4.35. The molecule has 2 heteroatoms. The van der Waals surface area contributed by atoms with E-state index in [-0.39, 0.29) is 6.04 Å². The maximum atomic E-state index is 5.99. The Balaban J connectivity index is 2.12. The summed E-state index contributed by atoms with van der Waals surface area (Å²) in [6.07, 6.45) is 5.38. The Morgan fingerprint density at radius 3 is 2.60 bits per heavy atom. The van der Waals surface area contributed by atoms with Crippen molar-refractivity contribution in [2.24, 2.45) is 5.73 Å². The molecule has 2 nitrogen and oxygen atoms in total. The first-order valence-electron chi connectivity index (χ1n) is 5.78. The Labute approximate surface area is 91.4 Å². The van der Waals surface area contributed by atoms with E-state index in [1.807, 2.05) is 25.1 Å². The molecule has 1 aromatic rings. The van der Waals surface area contributed by atoms with Gasteiger partial charge in [0.05, 0.1) is 6.10 Å². The second-order valence-electron chi connectivity index (χ2n) is 4.35. The van der Waals surface area contributed by atoms with Gasteiger partial charge in [-0.05, 0) is 38.7 Å². The normalized spacial score (nSPS) is 19.1. The maximum absolute atomic E-state index is 5.99. The third-order valence-electron chi connectivity index (χ3n) is 3.01. The zero-order valence-electron chi connectivity index (χ0n) is 9.28. The zero-order chi connectivity index (χ0) is 10.7. The van der Waals surface area contributed by atoms with Crippen LogP contribution in [0.4, 0.5) is 0 Å². The monoisotopic (exact) mass is 205 g/mol. The van der Waals surface area contributed by atoms with Gasteiger partial charge in [-0.3, -0.25) is 0 Å². The molecule has 0 aliphatic heterocycles. The lowest BCUT2D eigenvalue weighted by Crippen LogP contribution is -2.14. The van der Waals surface area contributed by atoms with Crippen LogP contribution in [0.5, 0.6) is 5.75 Å². The Morgan fingerprint density at radius 2 is 1.93 bits per heavy atom. The maximum Gasteiger partial charge on any atom is 0.124 e. The van der Waals surface area contributed by atoms with Crippen LogP contribution in [0, 0.1) is 0 Å². The lowest BCUT2D eigenvalue weighted by molar-refractivity contribution is 0.207. The van der Waals surface area contributed by atoms with Crippen molar-refractivity contribution >= 4 is 0 Å². The minimum atomic E-state index is 0.0441. The highest BCUT2D eigenvalue weighted by Gasteiger charge is 2.18. The summed E-state index contributed by atoms with van der Waals surface area (Å²) in [6.45, 7) is 2.00. The van der Waals surface area contributed by atoms with Crippen LogP contribution in [0.1, 0.15) is 44.2 Å². The molecule has 0 aromatic heterocycles. The number of para-hydroxylation sites is 1. The Morgan fingerprint density at radius 1 is 1.27 bits per heavy atom. The predicted molar refractivity (Wildman–Crippen MR) is 61.9 cm³/mol. The molecule has 1 atom stereocenters. The predicted octanol–water partition coefficient (Wildman–Crippen LogP) is 3.03. The second kappa shape index (κ2) is 4.67. The van der Waals surface area contributed by atoms with Gasteiger partial charge >= 0.3 is 0 Å². The van der Waals surface area contributed by atoms with Crippen molar-refractivity contribution < 1.29 is 4.74 Å². The third-order valence-corrected chi connectivity index (χ3v) is 3.01. The minimum Gasteiger partial charge on any atom is -0.490 e. The Hall–Kier alpha value is -1.02. The van der Waals surface area contributed by atoms with Crippen LogP contribution in [-0.2, 0) is 0 Å². The fourth-order valence-electron chi connectivity index (χ4n) is 2.15. The number of rotatable bonds is 3. The van der Waals surface area contributed by atoms with Crippen LogP contribution in [0.15, 0.2) is 24.3 Å². The van der Waals surface area contributed by atoms with Gasteiger partial charge in [0.1, 0.15) is 5.75 Å². The van der Waals surface area contributed by atoms with Crippen molar-refractivity contribution in [3.63, 3.8) is 0 Å². The van der Waals surface area contributed by atoms with Crippen molar-refractivity contribution in [1.29, 1.82) is 0 Å². The van der Waals surface area contributed by atoms with Gasteiger partial charge in [-0.2, -0.15) is 0 Å². The van der Waals surface area contributed by atoms with Crippen molar-refractivity contribution in [2.45, 2.75) is 44.8 Å². The first-order chi connectivity index (χ1) is 7.27. The van der Waals surface area contributed by atoms with E-state index in [2.05, 4.69) is 6.07 Å². The van der Waals surface area contributed by atoms with Crippen LogP contribution in [0.25, 0.3) is 0 Å². The smallest absolute Gasteiger partial charge is 0.124 e. The van der Waals surface area contributed by atoms with Gasteiger partial charge in [-0.1, -0.05) is 18.2 Å². The topological polar surface area (TPSA) is 35.2 Å². The van der Waals surface area contributed by atoms with Gasteiger partial charge in [0.25, 0.3) is 0 Å². The van der Waals surface area contributed by atoms with Gasteiger partial charge in [0.2, 0.25) is 0 Å². The first-order valence-corrected chi connectivity index (χ1v) is 5.78. The van der Waals surface area contributed by atoms with E-state index in [1.54, 1.807) is 0 Å². The van der Waals surface area contributed by atoms with E-state index in [9.17, 15) is 0 Å². The van der Waals surface area contributed by atoms with E-state index < -0.39 is 0 Å². The summed E-state index contributed by atoms with van der Waals surface area (Å²) in [5.74, 6) is 0.972. The summed E-state index contributed by atoms with van der Waals surface area (Å²) in [7, 11) is 0. The molecule has 1 aromatic carbocycles. The Bertz CT molecular complexity index is 316. The molecule has 1 fully saturated rings. The van der Waals surface area contributed by atoms with Crippen LogP contribution < -0.4 is 10.5 Å². The molecular weight excluding hydrogens is 186 g/mol. The van der Waals surface area contributed by atoms with Crippen molar-refractivity contribution in [3.8, 4) is 5.75 Å². The zero-order valence-corrected chi connectivity index (χ0v) is 9.28. The highest BCUT2D eigenvalue weighted by Crippen LogP contribution is 2.28. The summed E-state index contributed by atoms with van der Waals surface area (Å²) >= 11 is 0. The fourth-order valence-corrected chi connectivity index (χ4v) is 2.15. The van der Waals surface area contributed by atoms with Gasteiger partial charge in [0, 0.05) is 11.6 Å². The average molecular weight is 205 g/mol. The van der Waals surface area contributed by atoms with Gasteiger partial charge < -0.3 is 10.5 Å². The van der Waals surface area contributed by atoms with Crippen molar-refractivity contribution in [3.05, 3.63) is 29.8 Å². The standard InChI is InChI=1S/C13H19NO/c1-10(14)12-8-4-5-9-13(12)15-11-6-2-3-7-11/h4-5,8-11H,2-3,6-7,14H2,1H3/t10-/m0/s1. The lowest BCUT2D eigenvalue weighted by Gasteiger charge is -2.17. The molecule has 0 radical (unpaired) electrons. The highest BCUT2D eigenvalue weighted by atomic mass is 16.5. The molecule has 82 valence electrons. The molecular formula is C13H19NO. The van der Waals surface area contributed by atoms with E-state index in [0.29, 0.717) is 6.10 Å². The molecule has 0 amide bonds. The molecule has 0 bridgehead atoms. The number of hydrogen-bond donors (Lipinski definition) is 1. The van der Waals surface area contributed by atoms with Gasteiger partial charge in [0.15, 0.2) is 0 Å². The van der Waals surface area contributed by atoms with E-state index >= 15 is 0 Å². The summed E-state index contributed by atoms with van der Waals surface area (Å²) < 4.78 is 5.99. The summed E-state index contributed by atoms with van der Waals surface area (Å²) in [6, 6.07) is 8.14. The first kappa shape index (κ1) is 10.5. The molecule has 0 unspecified atom stereocenters. The van der Waals surface area contributed by atoms with Crippen LogP contribution in [0.3, 0.4) is 0 Å². The van der Waals surface area contributed by atoms with Gasteiger partial charge in [-0.25, -0.2) is 0 Å². The largest absolute Gasteiger partial charge is 0.490 e. The fraction of sp³-hybridized carbons (Fsp3) is 0.538. The number of ether oxygens (including phenoxy) is 1. The highest BCUT2D eigenvalue weighted by molar-refractivity contribution is 5.35. The minimum absolute atomic E-state index is 0.0441. The molecule has 2 rings (SSSR count). The summed E-state index contributed by atoms with van der Waals surface area (Å²) in [4.78, 5) is 0. The SMILES string of the molecule is C[C@H](N)c1ccccc1OC1CCCC1. The molecule has 0 spiro atoms. The van der Waals surface area contributed by atoms with E-state index in [1.165, 1.54) is 25.7 Å².